The summed E-state index contributed by atoms with van der Waals surface area (Å²) >= 11 is 0. The summed E-state index contributed by atoms with van der Waals surface area (Å²) in [6.07, 6.45) is 13.3. The Hall–Kier alpha value is -1.18. The van der Waals surface area contributed by atoms with Gasteiger partial charge in [0.25, 0.3) is 0 Å². The van der Waals surface area contributed by atoms with Gasteiger partial charge in [0.2, 0.25) is 0 Å². The lowest BCUT2D eigenvalue weighted by molar-refractivity contribution is -0.160. The van der Waals surface area contributed by atoms with Gasteiger partial charge in [-0.1, -0.05) is 89.9 Å². The van der Waals surface area contributed by atoms with Crippen LogP contribution < -0.4 is 0 Å². The number of hydrogen-bond donors (Lipinski definition) is 5. The van der Waals surface area contributed by atoms with Gasteiger partial charge in [-0.15, -0.1) is 0 Å². The fourth-order valence-corrected chi connectivity index (χ4v) is 3.64. The molecule has 0 fully saturated rings. The third-order valence-corrected chi connectivity index (χ3v) is 5.51. The summed E-state index contributed by atoms with van der Waals surface area (Å²) in [6.45, 7) is 0.308. The van der Waals surface area contributed by atoms with Crippen LogP contribution in [0.25, 0.3) is 0 Å². The highest BCUT2D eigenvalue weighted by atomic mass is 16.4. The van der Waals surface area contributed by atoms with Crippen molar-refractivity contribution in [1.82, 2.24) is 0 Å². The second kappa shape index (κ2) is 18.8. The van der Waals surface area contributed by atoms with Crippen LogP contribution >= 0.6 is 0 Å². The lowest BCUT2D eigenvalue weighted by Gasteiger charge is -2.22. The van der Waals surface area contributed by atoms with Gasteiger partial charge in [0.15, 0.2) is 12.2 Å². The Balaban J connectivity index is 3.57. The topological polar surface area (TPSA) is 135 Å². The first kappa shape index (κ1) is 27.8. The number of unbranched alkanes of at least 4 members (excludes halogenated alkanes) is 14. The monoisotopic (exact) mass is 418 g/mol. The highest BCUT2D eigenvalue weighted by Crippen LogP contribution is 2.20. The largest absolute Gasteiger partial charge is 0.479 e. The molecule has 2 atom stereocenters. The van der Waals surface area contributed by atoms with Gasteiger partial charge in [0.05, 0.1) is 0 Å². The molecule has 0 aliphatic heterocycles. The van der Waals surface area contributed by atoms with Gasteiger partial charge < -0.3 is 25.5 Å². The van der Waals surface area contributed by atoms with Crippen LogP contribution in [0.3, 0.4) is 0 Å². The van der Waals surface area contributed by atoms with Crippen LogP contribution in [0.4, 0.5) is 0 Å². The third-order valence-electron chi connectivity index (χ3n) is 5.51. The molecule has 172 valence electrons. The Morgan fingerprint density at radius 1 is 0.517 bits per heavy atom. The minimum absolute atomic E-state index is 0.181. The molecule has 0 aliphatic carbocycles. The van der Waals surface area contributed by atoms with E-state index in [4.69, 9.17) is 15.3 Å². The molecular formula is C22H42O7. The van der Waals surface area contributed by atoms with Gasteiger partial charge in [-0.05, 0) is 12.8 Å². The van der Waals surface area contributed by atoms with Crippen molar-refractivity contribution in [2.45, 2.75) is 115 Å². The van der Waals surface area contributed by atoms with Crippen molar-refractivity contribution in [2.75, 3.05) is 6.61 Å². The molecular weight excluding hydrogens is 376 g/mol. The molecule has 2 unspecified atom stereocenters. The Morgan fingerprint density at radius 2 is 0.793 bits per heavy atom. The van der Waals surface area contributed by atoms with E-state index in [1.165, 1.54) is 57.8 Å². The zero-order valence-electron chi connectivity index (χ0n) is 17.8. The maximum atomic E-state index is 10.9. The maximum Gasteiger partial charge on any atom is 0.332 e. The Bertz CT molecular complexity index is 394. The fraction of sp³-hybridized carbons (Fsp3) is 0.909. The van der Waals surface area contributed by atoms with Gasteiger partial charge >= 0.3 is 11.9 Å². The van der Waals surface area contributed by atoms with Crippen molar-refractivity contribution in [2.24, 2.45) is 5.92 Å². The molecule has 0 aliphatic rings. The molecule has 29 heavy (non-hydrogen) atoms. The quantitative estimate of drug-likeness (QED) is 0.179. The first-order valence-corrected chi connectivity index (χ1v) is 11.3. The predicted molar refractivity (Wildman–Crippen MR) is 112 cm³/mol. The summed E-state index contributed by atoms with van der Waals surface area (Å²) in [6, 6.07) is 0. The van der Waals surface area contributed by atoms with Crippen molar-refractivity contribution in [3.8, 4) is 0 Å². The number of aliphatic hydroxyl groups excluding tert-OH is 3. The molecule has 7 heteroatoms. The molecule has 0 amide bonds. The van der Waals surface area contributed by atoms with E-state index in [9.17, 15) is 19.8 Å². The fourth-order valence-electron chi connectivity index (χ4n) is 3.64. The van der Waals surface area contributed by atoms with Gasteiger partial charge in [0.1, 0.15) is 0 Å². The SMILES string of the molecule is O=C(O)C(O)C(CCCCCCCCCCCCCCCCCO)C(O)C(=O)O. The van der Waals surface area contributed by atoms with Crippen LogP contribution in [-0.4, -0.2) is 56.3 Å². The molecule has 0 aromatic rings. The van der Waals surface area contributed by atoms with Crippen molar-refractivity contribution in [3.63, 3.8) is 0 Å². The van der Waals surface area contributed by atoms with Crippen LogP contribution in [0.2, 0.25) is 0 Å². The second-order valence-corrected chi connectivity index (χ2v) is 8.05. The minimum Gasteiger partial charge on any atom is -0.479 e. The number of rotatable bonds is 21. The van der Waals surface area contributed by atoms with E-state index in [1.807, 2.05) is 0 Å². The van der Waals surface area contributed by atoms with Crippen LogP contribution in [0.5, 0.6) is 0 Å². The molecule has 7 nitrogen and oxygen atoms in total. The van der Waals surface area contributed by atoms with Crippen LogP contribution in [0.15, 0.2) is 0 Å². The van der Waals surface area contributed by atoms with Crippen molar-refractivity contribution in [3.05, 3.63) is 0 Å². The van der Waals surface area contributed by atoms with Crippen LogP contribution in [0.1, 0.15) is 103 Å². The molecule has 0 spiro atoms. The molecule has 0 radical (unpaired) electrons. The van der Waals surface area contributed by atoms with E-state index < -0.39 is 30.1 Å². The molecule has 0 heterocycles. The smallest absolute Gasteiger partial charge is 0.332 e. The van der Waals surface area contributed by atoms with Crippen LogP contribution in [0, 0.1) is 5.92 Å². The summed E-state index contributed by atoms with van der Waals surface area (Å²) < 4.78 is 0. The molecule has 5 N–H and O–H groups in total. The molecule has 0 aromatic carbocycles. The van der Waals surface area contributed by atoms with Gasteiger partial charge in [-0.25, -0.2) is 9.59 Å². The lowest BCUT2D eigenvalue weighted by atomic mass is 9.89. The Morgan fingerprint density at radius 3 is 1.07 bits per heavy atom. The molecule has 0 aromatic heterocycles. The zero-order chi connectivity index (χ0) is 21.9. The molecule has 0 saturated heterocycles. The number of hydrogen-bond acceptors (Lipinski definition) is 5. The maximum absolute atomic E-state index is 10.9. The molecule has 0 bridgehead atoms. The minimum atomic E-state index is -1.86. The van der Waals surface area contributed by atoms with E-state index in [2.05, 4.69) is 0 Å². The van der Waals surface area contributed by atoms with Crippen molar-refractivity contribution in [1.29, 1.82) is 0 Å². The molecule has 0 saturated carbocycles. The lowest BCUT2D eigenvalue weighted by Crippen LogP contribution is -2.41. The van der Waals surface area contributed by atoms with E-state index >= 15 is 0 Å². The number of aliphatic carboxylic acids is 2. The number of carbonyl (C=O) groups is 2. The zero-order valence-corrected chi connectivity index (χ0v) is 17.8. The van der Waals surface area contributed by atoms with Gasteiger partial charge in [0, 0.05) is 12.5 Å². The Labute approximate surface area is 175 Å². The Kier molecular flexibility index (Phi) is 18.1. The van der Waals surface area contributed by atoms with Gasteiger partial charge in [-0.3, -0.25) is 0 Å². The second-order valence-electron chi connectivity index (χ2n) is 8.05. The summed E-state index contributed by atoms with van der Waals surface area (Å²) in [7, 11) is 0. The van der Waals surface area contributed by atoms with Crippen molar-refractivity contribution < 1.29 is 35.1 Å². The summed E-state index contributed by atoms with van der Waals surface area (Å²) in [5, 5.41) is 45.6. The first-order chi connectivity index (χ1) is 13.9. The van der Waals surface area contributed by atoms with Gasteiger partial charge in [-0.2, -0.15) is 0 Å². The summed E-state index contributed by atoms with van der Waals surface area (Å²) in [5.41, 5.74) is 0. The average molecular weight is 419 g/mol. The summed E-state index contributed by atoms with van der Waals surface area (Å²) in [4.78, 5) is 21.8. The standard InChI is InChI=1S/C22H42O7/c23-17-15-13-11-9-7-5-3-1-2-4-6-8-10-12-14-16-18(19(24)21(26)27)20(25)22(28)29/h18-20,23-25H,1-17H2,(H,26,27)(H,28,29). The number of carboxylic acid groups (broad SMARTS) is 2. The van der Waals surface area contributed by atoms with Crippen molar-refractivity contribution >= 4 is 11.9 Å². The average Bonchev–Trinajstić information content (AvgIpc) is 2.69. The predicted octanol–water partition coefficient (Wildman–Crippen LogP) is 3.73. The highest BCUT2D eigenvalue weighted by Gasteiger charge is 2.35. The summed E-state index contributed by atoms with van der Waals surface area (Å²) in [5.74, 6) is -4.19. The normalized spacial score (nSPS) is 14.4. The first-order valence-electron chi connectivity index (χ1n) is 11.3. The number of carboxylic acids is 2. The van der Waals surface area contributed by atoms with E-state index in [0.29, 0.717) is 13.0 Å². The van der Waals surface area contributed by atoms with E-state index in [1.54, 1.807) is 0 Å². The third kappa shape index (κ3) is 15.3. The number of aliphatic hydroxyl groups is 3. The van der Waals surface area contributed by atoms with Crippen LogP contribution in [-0.2, 0) is 9.59 Å². The highest BCUT2D eigenvalue weighted by molar-refractivity contribution is 5.76. The van der Waals surface area contributed by atoms with E-state index in [-0.39, 0.29) is 6.42 Å². The molecule has 0 rings (SSSR count). The van der Waals surface area contributed by atoms with E-state index in [0.717, 1.165) is 32.1 Å².